The summed E-state index contributed by atoms with van der Waals surface area (Å²) in [4.78, 5) is 49.6. The van der Waals surface area contributed by atoms with E-state index in [4.69, 9.17) is 48.0 Å². The van der Waals surface area contributed by atoms with Crippen molar-refractivity contribution in [1.29, 1.82) is 0 Å². The molecule has 12 nitrogen and oxygen atoms in total. The first-order chi connectivity index (χ1) is 26.8. The van der Waals surface area contributed by atoms with Gasteiger partial charge in [0.25, 0.3) is 0 Å². The molecule has 11 rings (SSSR count). The summed E-state index contributed by atoms with van der Waals surface area (Å²) in [6, 6.07) is 2.44. The number of carbonyl (C=O) groups is 2. The average Bonchev–Trinajstić information content (AvgIpc) is 3.39. The van der Waals surface area contributed by atoms with Gasteiger partial charge in [-0.2, -0.15) is 26.3 Å². The molecule has 57 heavy (non-hydrogen) atoms. The summed E-state index contributed by atoms with van der Waals surface area (Å²) in [6.45, 7) is 5.55. The van der Waals surface area contributed by atoms with Crippen LogP contribution in [0.25, 0.3) is 0 Å². The van der Waals surface area contributed by atoms with Crippen LogP contribution in [0.4, 0.5) is 26.3 Å². The molecule has 12 atom stereocenters. The van der Waals surface area contributed by atoms with Gasteiger partial charge in [0.15, 0.2) is 11.2 Å². The summed E-state index contributed by atoms with van der Waals surface area (Å²) in [7, 11) is 0. The number of ether oxygens (including phenoxy) is 6. The van der Waals surface area contributed by atoms with Gasteiger partial charge in [-0.25, -0.2) is 29.1 Å². The van der Waals surface area contributed by atoms with Gasteiger partial charge in [-0.15, -0.1) is 11.3 Å². The van der Waals surface area contributed by atoms with Gasteiger partial charge in [0.05, 0.1) is 0 Å². The lowest BCUT2D eigenvalue weighted by Gasteiger charge is -2.57. The summed E-state index contributed by atoms with van der Waals surface area (Å²) in [5.74, 6) is -9.61. The molecule has 8 aliphatic heterocycles. The molecule has 1 aromatic rings. The van der Waals surface area contributed by atoms with E-state index in [1.165, 1.54) is 12.1 Å². The fourth-order valence-corrected chi connectivity index (χ4v) is 11.6. The maximum Gasteiger partial charge on any atom is 0.449 e. The van der Waals surface area contributed by atoms with Gasteiger partial charge in [-0.3, -0.25) is 0 Å². The Balaban J connectivity index is 0.928. The number of hydrogen-bond donors (Lipinski definition) is 0. The summed E-state index contributed by atoms with van der Waals surface area (Å²) in [5, 5.41) is 0. The Hall–Kier alpha value is -2.94. The van der Waals surface area contributed by atoms with E-state index in [0.717, 1.165) is 0 Å². The van der Waals surface area contributed by atoms with Crippen LogP contribution < -0.4 is 0 Å². The van der Waals surface area contributed by atoms with Crippen LogP contribution in [-0.4, -0.2) is 72.9 Å². The van der Waals surface area contributed by atoms with Crippen molar-refractivity contribution in [2.45, 2.75) is 127 Å². The van der Waals surface area contributed by atoms with Crippen molar-refractivity contribution in [3.63, 3.8) is 0 Å². The molecule has 19 heteroatoms. The van der Waals surface area contributed by atoms with Gasteiger partial charge in [0.2, 0.25) is 35.7 Å². The second kappa shape index (κ2) is 13.3. The molecule has 0 amide bonds. The highest BCUT2D eigenvalue weighted by molar-refractivity contribution is 7.15. The molecule has 10 aliphatic rings. The second-order valence-corrected chi connectivity index (χ2v) is 18.1. The fourth-order valence-electron chi connectivity index (χ4n) is 10.8. The van der Waals surface area contributed by atoms with E-state index in [2.05, 4.69) is 0 Å². The lowest BCUT2D eigenvalue weighted by Crippen LogP contribution is -2.67. The normalized spacial score (nSPS) is 42.3. The molecular formula is C38H42F6O12S. The van der Waals surface area contributed by atoms with Crippen molar-refractivity contribution in [2.24, 2.45) is 35.5 Å². The second-order valence-electron chi connectivity index (χ2n) is 17.0. The Morgan fingerprint density at radius 1 is 0.667 bits per heavy atom. The molecule has 9 heterocycles. The van der Waals surface area contributed by atoms with Gasteiger partial charge in [-0.1, -0.05) is 13.8 Å². The third-order valence-corrected chi connectivity index (χ3v) is 14.6. The average molecular weight is 837 g/mol. The van der Waals surface area contributed by atoms with E-state index < -0.39 is 96.2 Å². The summed E-state index contributed by atoms with van der Waals surface area (Å²) < 4.78 is 121. The zero-order valence-electron chi connectivity index (χ0n) is 31.4. The molecule has 4 bridgehead atoms. The van der Waals surface area contributed by atoms with E-state index in [9.17, 15) is 35.9 Å². The van der Waals surface area contributed by atoms with Crippen molar-refractivity contribution < 1.29 is 83.9 Å². The number of halogens is 6. The highest BCUT2D eigenvalue weighted by Crippen LogP contribution is 2.63. The molecule has 2 aliphatic carbocycles. The Labute approximate surface area is 326 Å². The lowest BCUT2D eigenvalue weighted by atomic mass is 9.59. The first kappa shape index (κ1) is 39.5. The van der Waals surface area contributed by atoms with E-state index >= 15 is 0 Å². The third-order valence-electron chi connectivity index (χ3n) is 13.6. The van der Waals surface area contributed by atoms with Crippen molar-refractivity contribution in [3.05, 3.63) is 44.6 Å². The number of carbonyl (C=O) groups excluding carboxylic acids is 2. The molecule has 314 valence electrons. The summed E-state index contributed by atoms with van der Waals surface area (Å²) in [5.41, 5.74) is -3.46. The van der Waals surface area contributed by atoms with Crippen LogP contribution in [0.5, 0.6) is 0 Å². The largest absolute Gasteiger partial charge is 0.457 e. The molecule has 2 spiro atoms. The topological polar surface area (TPSA) is 126 Å². The third kappa shape index (κ3) is 6.14. The van der Waals surface area contributed by atoms with Gasteiger partial charge >= 0.3 is 24.3 Å². The quantitative estimate of drug-likeness (QED) is 0.156. The molecule has 0 radical (unpaired) electrons. The van der Waals surface area contributed by atoms with Gasteiger partial charge in [0.1, 0.15) is 23.0 Å². The molecule has 2 saturated carbocycles. The van der Waals surface area contributed by atoms with Crippen molar-refractivity contribution >= 4 is 23.3 Å². The van der Waals surface area contributed by atoms with Crippen LogP contribution in [0.2, 0.25) is 0 Å². The summed E-state index contributed by atoms with van der Waals surface area (Å²) >= 11 is 0.615. The molecule has 0 N–H and O–H groups in total. The number of esters is 2. The molecule has 8 fully saturated rings. The highest BCUT2D eigenvalue weighted by Gasteiger charge is 2.72. The number of alkyl halides is 6. The van der Waals surface area contributed by atoms with Crippen LogP contribution in [0.15, 0.2) is 34.8 Å². The number of rotatable bonds is 6. The maximum absolute atomic E-state index is 14.6. The van der Waals surface area contributed by atoms with Crippen LogP contribution in [-0.2, 0) is 48.0 Å². The zero-order valence-corrected chi connectivity index (χ0v) is 32.2. The maximum atomic E-state index is 14.6. The monoisotopic (exact) mass is 836 g/mol. The minimum Gasteiger partial charge on any atom is -0.457 e. The SMILES string of the molecule is C[C@@H]1CC[C@H]2C(COC(=O)c3ccc(C(=O)OCC4=C(C(F)(F)F)O[C@@H]5O[C@@]6(C)CC[C@H]7[C@H](C)CC[C@@H]4[C@@]57OO6)s3)=C(C(F)(F)F)O[C@@H]3O[C@@]4(C)CC[C@@H]1[C@]32OO4. The molecule has 1 aromatic heterocycles. The minimum absolute atomic E-state index is 0.0502. The Morgan fingerprint density at radius 2 is 1.07 bits per heavy atom. The number of allylic oxidation sites excluding steroid dienone is 2. The van der Waals surface area contributed by atoms with E-state index in [0.29, 0.717) is 49.9 Å². The van der Waals surface area contributed by atoms with Crippen LogP contribution in [0, 0.1) is 35.5 Å². The first-order valence-corrected chi connectivity index (χ1v) is 20.1. The van der Waals surface area contributed by atoms with Crippen LogP contribution >= 0.6 is 11.3 Å². The van der Waals surface area contributed by atoms with Gasteiger partial charge in [-0.05, 0) is 76.3 Å². The molecule has 6 saturated heterocycles. The smallest absolute Gasteiger partial charge is 0.449 e. The Bertz CT molecular complexity index is 1770. The molecule has 0 unspecified atom stereocenters. The fraction of sp³-hybridized carbons (Fsp3) is 0.737. The standard InChI is InChI=1S/C38H42F6O12S/c1-17-5-7-23-19(27(37(39,40)41)49-31-35(23)21(17)11-13-33(3,51-31)53-55-35)15-47-29(45)25-9-10-26(57-25)30(46)48-16-20-24-8-6-18(2)22-12-14-34(4)52-32(36(22,24)56-54-34)50-28(20)38(42,43)44/h9-10,17-18,21-24,31-32H,5-8,11-16H2,1-4H3/t17-,18-,21+,22+,23+,24+,31-,32-,33-,34-,35-,36-/m1/s1. The van der Waals surface area contributed by atoms with Crippen LogP contribution in [0.1, 0.15) is 98.4 Å². The van der Waals surface area contributed by atoms with Crippen molar-refractivity contribution in [3.8, 4) is 0 Å². The van der Waals surface area contributed by atoms with Gasteiger partial charge < -0.3 is 28.4 Å². The predicted octanol–water partition coefficient (Wildman–Crippen LogP) is 8.19. The van der Waals surface area contributed by atoms with Crippen molar-refractivity contribution in [1.82, 2.24) is 0 Å². The first-order valence-electron chi connectivity index (χ1n) is 19.3. The Kier molecular flexibility index (Phi) is 9.21. The molecule has 0 aromatic carbocycles. The molecular weight excluding hydrogens is 794 g/mol. The van der Waals surface area contributed by atoms with Gasteiger partial charge in [0, 0.05) is 47.7 Å². The Morgan fingerprint density at radius 3 is 1.46 bits per heavy atom. The number of hydrogen-bond acceptors (Lipinski definition) is 13. The number of fused-ring (bicyclic) bond motifs is 4. The van der Waals surface area contributed by atoms with E-state index in [-0.39, 0.29) is 57.4 Å². The van der Waals surface area contributed by atoms with Crippen LogP contribution in [0.3, 0.4) is 0 Å². The summed E-state index contributed by atoms with van der Waals surface area (Å²) in [6.07, 6.45) is -9.22. The number of thiophene rings is 1. The van der Waals surface area contributed by atoms with E-state index in [1.807, 2.05) is 13.8 Å². The highest BCUT2D eigenvalue weighted by atomic mass is 32.1. The minimum atomic E-state index is -4.96. The lowest BCUT2D eigenvalue weighted by molar-refractivity contribution is -0.558. The van der Waals surface area contributed by atoms with Crippen molar-refractivity contribution in [2.75, 3.05) is 13.2 Å². The predicted molar refractivity (Wildman–Crippen MR) is 179 cm³/mol. The zero-order chi connectivity index (χ0) is 40.5. The van der Waals surface area contributed by atoms with E-state index in [1.54, 1.807) is 13.8 Å².